The van der Waals surface area contributed by atoms with E-state index in [-0.39, 0.29) is 11.8 Å². The Morgan fingerprint density at radius 1 is 1.12 bits per heavy atom. The zero-order valence-corrected chi connectivity index (χ0v) is 18.5. The molecule has 5 rings (SSSR count). The highest BCUT2D eigenvalue weighted by Gasteiger charge is 2.18. The lowest BCUT2D eigenvalue weighted by Crippen LogP contribution is -2.18. The molecular formula is C25H24N6O2. The highest BCUT2D eigenvalue weighted by molar-refractivity contribution is 6.06. The summed E-state index contributed by atoms with van der Waals surface area (Å²) in [6.07, 6.45) is 4.39. The van der Waals surface area contributed by atoms with Crippen molar-refractivity contribution in [2.45, 2.75) is 26.8 Å². The fraction of sp³-hybridized carbons (Fsp3) is 0.240. The lowest BCUT2D eigenvalue weighted by atomic mass is 10.0. The van der Waals surface area contributed by atoms with Crippen LogP contribution in [-0.4, -0.2) is 37.2 Å². The van der Waals surface area contributed by atoms with Crippen LogP contribution >= 0.6 is 0 Å². The quantitative estimate of drug-likeness (QED) is 0.472. The molecule has 8 nitrogen and oxygen atoms in total. The predicted molar refractivity (Wildman–Crippen MR) is 125 cm³/mol. The highest BCUT2D eigenvalue weighted by Crippen LogP contribution is 2.29. The molecule has 0 unspecified atom stereocenters. The van der Waals surface area contributed by atoms with Gasteiger partial charge in [-0.05, 0) is 55.2 Å². The van der Waals surface area contributed by atoms with Gasteiger partial charge in [-0.3, -0.25) is 9.78 Å². The fourth-order valence-corrected chi connectivity index (χ4v) is 3.76. The summed E-state index contributed by atoms with van der Waals surface area (Å²) in [5.74, 6) is 1.63. The molecule has 0 saturated carbocycles. The van der Waals surface area contributed by atoms with E-state index in [0.29, 0.717) is 35.3 Å². The van der Waals surface area contributed by atoms with Crippen molar-refractivity contribution in [2.24, 2.45) is 5.92 Å². The van der Waals surface area contributed by atoms with Gasteiger partial charge in [0.2, 0.25) is 0 Å². The maximum absolute atomic E-state index is 13.3. The van der Waals surface area contributed by atoms with Crippen LogP contribution < -0.4 is 10.1 Å². The second-order valence-electron chi connectivity index (χ2n) is 8.31. The summed E-state index contributed by atoms with van der Waals surface area (Å²) in [4.78, 5) is 22.3. The van der Waals surface area contributed by atoms with E-state index in [0.717, 1.165) is 29.8 Å². The first kappa shape index (κ1) is 20.8. The Balaban J connectivity index is 1.55. The van der Waals surface area contributed by atoms with E-state index >= 15 is 0 Å². The van der Waals surface area contributed by atoms with E-state index in [1.807, 2.05) is 60.2 Å². The Labute approximate surface area is 191 Å². The number of benzene rings is 1. The molecule has 1 N–H and O–H groups in total. The zero-order valence-electron chi connectivity index (χ0n) is 18.5. The SMILES string of the molecule is Cc1ccc(-c2ccc3c(c2)C(=O)Nc2cccc(n2)-c2nncn2CC[C@@H](C)CO3)cn1. The van der Waals surface area contributed by atoms with Gasteiger partial charge in [-0.2, -0.15) is 0 Å². The van der Waals surface area contributed by atoms with Gasteiger partial charge in [0.15, 0.2) is 5.82 Å². The van der Waals surface area contributed by atoms with E-state index in [1.54, 1.807) is 12.4 Å². The maximum atomic E-state index is 13.3. The van der Waals surface area contributed by atoms with Crippen molar-refractivity contribution in [1.82, 2.24) is 24.7 Å². The molecule has 0 saturated heterocycles. The van der Waals surface area contributed by atoms with Crippen LogP contribution in [-0.2, 0) is 6.54 Å². The third-order valence-electron chi connectivity index (χ3n) is 5.69. The van der Waals surface area contributed by atoms with Gasteiger partial charge in [0.25, 0.3) is 5.91 Å². The van der Waals surface area contributed by atoms with Gasteiger partial charge in [0.05, 0.1) is 12.2 Å². The number of carbonyl (C=O) groups excluding carboxylic acids is 1. The molecule has 0 aliphatic carbocycles. The van der Waals surface area contributed by atoms with Gasteiger partial charge in [-0.25, -0.2) is 4.98 Å². The highest BCUT2D eigenvalue weighted by atomic mass is 16.5. The number of anilines is 1. The second-order valence-corrected chi connectivity index (χ2v) is 8.31. The minimum Gasteiger partial charge on any atom is -0.492 e. The molecule has 2 bridgehead atoms. The number of hydrogen-bond acceptors (Lipinski definition) is 6. The molecule has 0 fully saturated rings. The molecule has 1 atom stereocenters. The number of rotatable bonds is 1. The number of aryl methyl sites for hydroxylation is 2. The smallest absolute Gasteiger partial charge is 0.260 e. The monoisotopic (exact) mass is 440 g/mol. The van der Waals surface area contributed by atoms with E-state index < -0.39 is 0 Å². The van der Waals surface area contributed by atoms with Crippen LogP contribution in [0.15, 0.2) is 61.1 Å². The van der Waals surface area contributed by atoms with E-state index in [2.05, 4.69) is 32.4 Å². The summed E-state index contributed by atoms with van der Waals surface area (Å²) in [6, 6.07) is 15.1. The number of nitrogens with one attached hydrogen (secondary N) is 1. The van der Waals surface area contributed by atoms with Crippen molar-refractivity contribution < 1.29 is 9.53 Å². The second kappa shape index (κ2) is 8.82. The first-order valence-electron chi connectivity index (χ1n) is 10.9. The zero-order chi connectivity index (χ0) is 22.8. The summed E-state index contributed by atoms with van der Waals surface area (Å²) in [6.45, 7) is 5.31. The molecule has 1 amide bonds. The number of aromatic nitrogens is 5. The van der Waals surface area contributed by atoms with Crippen LogP contribution in [0.4, 0.5) is 5.82 Å². The normalized spacial score (nSPS) is 16.1. The third-order valence-corrected chi connectivity index (χ3v) is 5.69. The maximum Gasteiger partial charge on any atom is 0.260 e. The van der Waals surface area contributed by atoms with Gasteiger partial charge in [0, 0.05) is 24.0 Å². The molecule has 0 radical (unpaired) electrons. The van der Waals surface area contributed by atoms with Crippen LogP contribution in [0.1, 0.15) is 29.4 Å². The molecule has 0 spiro atoms. The molecule has 4 aromatic rings. The fourth-order valence-electron chi connectivity index (χ4n) is 3.76. The van der Waals surface area contributed by atoms with Gasteiger partial charge in [-0.15, -0.1) is 10.2 Å². The molecule has 1 aliphatic heterocycles. The first-order chi connectivity index (χ1) is 16.1. The number of hydrogen-bond donors (Lipinski definition) is 1. The van der Waals surface area contributed by atoms with E-state index in [1.165, 1.54) is 0 Å². The lowest BCUT2D eigenvalue weighted by molar-refractivity contribution is 0.102. The Morgan fingerprint density at radius 3 is 2.85 bits per heavy atom. The number of carbonyl (C=O) groups is 1. The molecule has 4 heterocycles. The van der Waals surface area contributed by atoms with Crippen LogP contribution in [0.2, 0.25) is 0 Å². The Bertz CT molecular complexity index is 1300. The van der Waals surface area contributed by atoms with Gasteiger partial charge >= 0.3 is 0 Å². The number of nitrogens with zero attached hydrogens (tertiary/aromatic N) is 5. The van der Waals surface area contributed by atoms with Crippen LogP contribution in [0.5, 0.6) is 5.75 Å². The predicted octanol–water partition coefficient (Wildman–Crippen LogP) is 4.38. The number of pyridine rings is 2. The van der Waals surface area contributed by atoms with Gasteiger partial charge in [0.1, 0.15) is 23.6 Å². The van der Waals surface area contributed by atoms with Crippen molar-refractivity contribution >= 4 is 11.7 Å². The van der Waals surface area contributed by atoms with E-state index in [9.17, 15) is 4.79 Å². The minimum atomic E-state index is -0.289. The van der Waals surface area contributed by atoms with Crippen LogP contribution in [0, 0.1) is 12.8 Å². The standard InChI is InChI=1S/C25H24N6O2/c1-16-10-11-31-15-27-30-24(31)21-4-3-5-23(28-21)29-25(32)20-12-18(8-9-22(20)33-14-16)19-7-6-17(2)26-13-19/h3-9,12-13,15-16H,10-11,14H2,1-2H3,(H,28,29,32)/t16-/m1/s1. The summed E-state index contributed by atoms with van der Waals surface area (Å²) in [5.41, 5.74) is 3.87. The topological polar surface area (TPSA) is 94.8 Å². The Kier molecular flexibility index (Phi) is 5.56. The molecule has 1 aromatic carbocycles. The van der Waals surface area contributed by atoms with Crippen molar-refractivity contribution in [2.75, 3.05) is 11.9 Å². The summed E-state index contributed by atoms with van der Waals surface area (Å²) in [5, 5.41) is 11.2. The third kappa shape index (κ3) is 4.45. The molecular weight excluding hydrogens is 416 g/mol. The number of amides is 1. The Morgan fingerprint density at radius 2 is 2.00 bits per heavy atom. The average Bonchev–Trinajstić information content (AvgIpc) is 3.30. The first-order valence-corrected chi connectivity index (χ1v) is 10.9. The summed E-state index contributed by atoms with van der Waals surface area (Å²) in [7, 11) is 0. The van der Waals surface area contributed by atoms with Crippen LogP contribution in [0.25, 0.3) is 22.6 Å². The molecule has 166 valence electrons. The van der Waals surface area contributed by atoms with Crippen LogP contribution in [0.3, 0.4) is 0 Å². The van der Waals surface area contributed by atoms with E-state index in [4.69, 9.17) is 4.74 Å². The number of fused-ring (bicyclic) bond motifs is 5. The van der Waals surface area contributed by atoms with Crippen molar-refractivity contribution in [1.29, 1.82) is 0 Å². The average molecular weight is 441 g/mol. The molecule has 3 aromatic heterocycles. The minimum absolute atomic E-state index is 0.263. The summed E-state index contributed by atoms with van der Waals surface area (Å²) >= 11 is 0. The summed E-state index contributed by atoms with van der Waals surface area (Å²) < 4.78 is 8.09. The number of ether oxygens (including phenoxy) is 1. The molecule has 33 heavy (non-hydrogen) atoms. The van der Waals surface area contributed by atoms with Crippen molar-refractivity contribution in [3.05, 3.63) is 72.3 Å². The Hall–Kier alpha value is -4.07. The largest absolute Gasteiger partial charge is 0.492 e. The molecule has 1 aliphatic rings. The molecule has 8 heteroatoms. The lowest BCUT2D eigenvalue weighted by Gasteiger charge is -2.18. The van der Waals surface area contributed by atoms with Crippen molar-refractivity contribution in [3.8, 4) is 28.4 Å². The van der Waals surface area contributed by atoms with Crippen molar-refractivity contribution in [3.63, 3.8) is 0 Å². The van der Waals surface area contributed by atoms with Gasteiger partial charge < -0.3 is 14.6 Å². The van der Waals surface area contributed by atoms with Gasteiger partial charge in [-0.1, -0.05) is 25.1 Å².